The summed E-state index contributed by atoms with van der Waals surface area (Å²) in [6.45, 7) is 4.14. The summed E-state index contributed by atoms with van der Waals surface area (Å²) < 4.78 is 0. The molecule has 2 heterocycles. The van der Waals surface area contributed by atoms with Crippen LogP contribution in [0.25, 0.3) is 11.4 Å². The number of aromatic nitrogens is 3. The number of hydrogen-bond donors (Lipinski definition) is 1. The van der Waals surface area contributed by atoms with Crippen molar-refractivity contribution in [3.05, 3.63) is 35.2 Å². The molecule has 1 aliphatic carbocycles. The third-order valence-electron chi connectivity index (χ3n) is 3.16. The van der Waals surface area contributed by atoms with Gasteiger partial charge in [-0.05, 0) is 44.4 Å². The Hall–Kier alpha value is -1.64. The topological polar surface area (TPSA) is 41.6 Å². The number of aryl methyl sites for hydroxylation is 1. The molecule has 82 valence electrons. The number of hydrogen-bond acceptors (Lipinski definition) is 2. The predicted octanol–water partition coefficient (Wildman–Crippen LogP) is 2.97. The molecule has 0 aromatic carbocycles. The summed E-state index contributed by atoms with van der Waals surface area (Å²) in [5, 5.41) is 7.56. The zero-order valence-corrected chi connectivity index (χ0v) is 9.62. The fourth-order valence-electron chi connectivity index (χ4n) is 2.11. The van der Waals surface area contributed by atoms with Gasteiger partial charge in [-0.2, -0.15) is 5.10 Å². The van der Waals surface area contributed by atoms with Crippen molar-refractivity contribution in [2.75, 3.05) is 0 Å². The van der Waals surface area contributed by atoms with Gasteiger partial charge in [0, 0.05) is 17.3 Å². The van der Waals surface area contributed by atoms with Gasteiger partial charge >= 0.3 is 0 Å². The van der Waals surface area contributed by atoms with Gasteiger partial charge < -0.3 is 0 Å². The molecular weight excluding hydrogens is 198 g/mol. The van der Waals surface area contributed by atoms with Crippen molar-refractivity contribution in [1.82, 2.24) is 15.2 Å². The molecular formula is C13H15N3. The van der Waals surface area contributed by atoms with Crippen molar-refractivity contribution in [3.8, 4) is 11.4 Å². The summed E-state index contributed by atoms with van der Waals surface area (Å²) >= 11 is 0. The van der Waals surface area contributed by atoms with Gasteiger partial charge in [0.05, 0.1) is 5.69 Å². The Morgan fingerprint density at radius 2 is 2.06 bits per heavy atom. The highest BCUT2D eigenvalue weighted by atomic mass is 15.1. The van der Waals surface area contributed by atoms with E-state index in [1.165, 1.54) is 24.1 Å². The van der Waals surface area contributed by atoms with E-state index in [0.29, 0.717) is 5.92 Å². The normalized spacial score (nSPS) is 15.4. The summed E-state index contributed by atoms with van der Waals surface area (Å²) in [6.07, 6.45) is 2.59. The minimum atomic E-state index is 0.714. The Balaban J connectivity index is 2.06. The van der Waals surface area contributed by atoms with Crippen LogP contribution in [0.5, 0.6) is 0 Å². The van der Waals surface area contributed by atoms with Crippen molar-refractivity contribution in [1.29, 1.82) is 0 Å². The summed E-state index contributed by atoms with van der Waals surface area (Å²) in [4.78, 5) is 4.51. The molecule has 3 nitrogen and oxygen atoms in total. The maximum absolute atomic E-state index is 4.51. The van der Waals surface area contributed by atoms with Crippen molar-refractivity contribution in [2.45, 2.75) is 32.6 Å². The van der Waals surface area contributed by atoms with Crippen molar-refractivity contribution in [3.63, 3.8) is 0 Å². The molecule has 0 unspecified atom stereocenters. The van der Waals surface area contributed by atoms with E-state index in [1.54, 1.807) is 0 Å². The van der Waals surface area contributed by atoms with Crippen LogP contribution in [0, 0.1) is 13.8 Å². The molecule has 1 aliphatic rings. The lowest BCUT2D eigenvalue weighted by atomic mass is 10.1. The van der Waals surface area contributed by atoms with E-state index in [-0.39, 0.29) is 0 Å². The lowest BCUT2D eigenvalue weighted by molar-refractivity contribution is 0.959. The smallest absolute Gasteiger partial charge is 0.114 e. The molecule has 2 aromatic heterocycles. The van der Waals surface area contributed by atoms with Crippen LogP contribution in [0.4, 0.5) is 0 Å². The van der Waals surface area contributed by atoms with Crippen LogP contribution in [0.3, 0.4) is 0 Å². The average Bonchev–Trinajstić information content (AvgIpc) is 3.03. The molecule has 0 saturated heterocycles. The molecule has 3 heteroatoms. The zero-order chi connectivity index (χ0) is 11.1. The van der Waals surface area contributed by atoms with E-state index >= 15 is 0 Å². The van der Waals surface area contributed by atoms with E-state index in [1.807, 2.05) is 25.1 Å². The lowest BCUT2D eigenvalue weighted by Gasteiger charge is -1.99. The van der Waals surface area contributed by atoms with Gasteiger partial charge in [0.25, 0.3) is 0 Å². The first-order chi connectivity index (χ1) is 7.75. The molecule has 1 saturated carbocycles. The summed E-state index contributed by atoms with van der Waals surface area (Å²) in [7, 11) is 0. The van der Waals surface area contributed by atoms with Crippen molar-refractivity contribution in [2.24, 2.45) is 0 Å². The standard InChI is InChI=1S/C13H15N3/c1-8-4-3-5-11(14-8)13-9(2)12(15-16-13)10-6-7-10/h3-5,10H,6-7H2,1-2H3,(H,15,16). The van der Waals surface area contributed by atoms with Crippen molar-refractivity contribution >= 4 is 0 Å². The first kappa shape index (κ1) is 9.58. The zero-order valence-electron chi connectivity index (χ0n) is 9.62. The van der Waals surface area contributed by atoms with Gasteiger partial charge in [-0.1, -0.05) is 6.07 Å². The number of aromatic amines is 1. The quantitative estimate of drug-likeness (QED) is 0.833. The van der Waals surface area contributed by atoms with Gasteiger partial charge in [0.2, 0.25) is 0 Å². The molecule has 16 heavy (non-hydrogen) atoms. The number of rotatable bonds is 2. The second kappa shape index (κ2) is 3.44. The van der Waals surface area contributed by atoms with Crippen molar-refractivity contribution < 1.29 is 0 Å². The van der Waals surface area contributed by atoms with Crippen LogP contribution in [0.2, 0.25) is 0 Å². The minimum Gasteiger partial charge on any atom is -0.281 e. The van der Waals surface area contributed by atoms with Crippen LogP contribution in [-0.4, -0.2) is 15.2 Å². The van der Waals surface area contributed by atoms with E-state index < -0.39 is 0 Å². The van der Waals surface area contributed by atoms with Gasteiger partial charge in [-0.3, -0.25) is 10.1 Å². The number of pyridine rings is 1. The fraction of sp³-hybridized carbons (Fsp3) is 0.385. The molecule has 0 amide bonds. The highest BCUT2D eigenvalue weighted by molar-refractivity contribution is 5.60. The van der Waals surface area contributed by atoms with E-state index in [4.69, 9.17) is 0 Å². The monoisotopic (exact) mass is 213 g/mol. The van der Waals surface area contributed by atoms with Crippen LogP contribution < -0.4 is 0 Å². The van der Waals surface area contributed by atoms with Crippen LogP contribution in [0.1, 0.15) is 35.7 Å². The van der Waals surface area contributed by atoms with Gasteiger partial charge in [0.1, 0.15) is 5.69 Å². The van der Waals surface area contributed by atoms with Gasteiger partial charge in [-0.25, -0.2) is 0 Å². The Morgan fingerprint density at radius 3 is 2.75 bits per heavy atom. The van der Waals surface area contributed by atoms with Crippen LogP contribution >= 0.6 is 0 Å². The SMILES string of the molecule is Cc1cccc(-c2n[nH]c(C3CC3)c2C)n1. The average molecular weight is 213 g/mol. The summed E-state index contributed by atoms with van der Waals surface area (Å²) in [6, 6.07) is 6.06. The third kappa shape index (κ3) is 1.52. The lowest BCUT2D eigenvalue weighted by Crippen LogP contribution is -1.88. The molecule has 0 aliphatic heterocycles. The maximum atomic E-state index is 4.51. The molecule has 0 atom stereocenters. The van der Waals surface area contributed by atoms with Gasteiger partial charge in [0.15, 0.2) is 0 Å². The Labute approximate surface area is 94.9 Å². The molecule has 3 rings (SSSR count). The van der Waals surface area contributed by atoms with E-state index in [0.717, 1.165) is 17.1 Å². The number of H-pyrrole nitrogens is 1. The second-order valence-electron chi connectivity index (χ2n) is 4.55. The summed E-state index contributed by atoms with van der Waals surface area (Å²) in [5.74, 6) is 0.714. The van der Waals surface area contributed by atoms with Crippen LogP contribution in [-0.2, 0) is 0 Å². The van der Waals surface area contributed by atoms with Gasteiger partial charge in [-0.15, -0.1) is 0 Å². The molecule has 0 bridgehead atoms. The molecule has 2 aromatic rings. The molecule has 0 spiro atoms. The Kier molecular flexibility index (Phi) is 2.06. The first-order valence-corrected chi connectivity index (χ1v) is 5.74. The Morgan fingerprint density at radius 1 is 1.25 bits per heavy atom. The van der Waals surface area contributed by atoms with Crippen LogP contribution in [0.15, 0.2) is 18.2 Å². The molecule has 1 fully saturated rings. The molecule has 0 radical (unpaired) electrons. The highest BCUT2D eigenvalue weighted by Crippen LogP contribution is 2.42. The first-order valence-electron chi connectivity index (χ1n) is 5.74. The number of nitrogens with one attached hydrogen (secondary N) is 1. The maximum Gasteiger partial charge on any atom is 0.114 e. The second-order valence-corrected chi connectivity index (χ2v) is 4.55. The largest absolute Gasteiger partial charge is 0.281 e. The fourth-order valence-corrected chi connectivity index (χ4v) is 2.11. The van der Waals surface area contributed by atoms with E-state index in [2.05, 4.69) is 22.1 Å². The number of nitrogens with zero attached hydrogens (tertiary/aromatic N) is 2. The predicted molar refractivity (Wildman–Crippen MR) is 63.3 cm³/mol. The minimum absolute atomic E-state index is 0.714. The Bertz CT molecular complexity index is 524. The highest BCUT2D eigenvalue weighted by Gasteiger charge is 2.28. The summed E-state index contributed by atoms with van der Waals surface area (Å²) in [5.41, 5.74) is 5.58. The third-order valence-corrected chi connectivity index (χ3v) is 3.16. The molecule has 1 N–H and O–H groups in total. The van der Waals surface area contributed by atoms with E-state index in [9.17, 15) is 0 Å².